The van der Waals surface area contributed by atoms with Gasteiger partial charge in [0.15, 0.2) is 0 Å². The highest BCUT2D eigenvalue weighted by Gasteiger charge is 2.13. The van der Waals surface area contributed by atoms with Gasteiger partial charge in [0.2, 0.25) is 0 Å². The van der Waals surface area contributed by atoms with Crippen molar-refractivity contribution in [1.82, 2.24) is 9.97 Å². The molecule has 2 rings (SSSR count). The third-order valence-electron chi connectivity index (χ3n) is 2.53. The molecule has 1 heterocycles. The summed E-state index contributed by atoms with van der Waals surface area (Å²) < 4.78 is 13.6. The molecular formula is C13H12BrFN2O. The SMILES string of the molecule is CC(C)c1nc(-c2cccc(F)c2)[nH]c(=O)c1Br. The molecule has 18 heavy (non-hydrogen) atoms. The normalized spacial score (nSPS) is 10.9. The fraction of sp³-hybridized carbons (Fsp3) is 0.231. The molecule has 0 atom stereocenters. The smallest absolute Gasteiger partial charge is 0.265 e. The van der Waals surface area contributed by atoms with Crippen molar-refractivity contribution in [3.8, 4) is 11.4 Å². The Morgan fingerprint density at radius 1 is 1.39 bits per heavy atom. The van der Waals surface area contributed by atoms with E-state index in [0.29, 0.717) is 21.6 Å². The predicted octanol–water partition coefficient (Wildman–Crippen LogP) is 3.46. The van der Waals surface area contributed by atoms with E-state index < -0.39 is 0 Å². The molecular weight excluding hydrogens is 299 g/mol. The van der Waals surface area contributed by atoms with Crippen molar-refractivity contribution in [2.24, 2.45) is 0 Å². The van der Waals surface area contributed by atoms with E-state index in [1.165, 1.54) is 12.1 Å². The van der Waals surface area contributed by atoms with E-state index in [4.69, 9.17) is 0 Å². The van der Waals surface area contributed by atoms with Gasteiger partial charge in [-0.3, -0.25) is 4.79 Å². The van der Waals surface area contributed by atoms with Crippen molar-refractivity contribution in [3.63, 3.8) is 0 Å². The van der Waals surface area contributed by atoms with E-state index in [1.54, 1.807) is 12.1 Å². The second-order valence-corrected chi connectivity index (χ2v) is 5.07. The molecule has 0 radical (unpaired) electrons. The summed E-state index contributed by atoms with van der Waals surface area (Å²) in [5, 5.41) is 0. The average Bonchev–Trinajstić information content (AvgIpc) is 2.32. The molecule has 0 aliphatic carbocycles. The number of H-pyrrole nitrogens is 1. The maximum atomic E-state index is 13.2. The largest absolute Gasteiger partial charge is 0.306 e. The van der Waals surface area contributed by atoms with Crippen LogP contribution in [0.4, 0.5) is 4.39 Å². The zero-order valence-electron chi connectivity index (χ0n) is 10.00. The van der Waals surface area contributed by atoms with Gasteiger partial charge in [0.05, 0.1) is 5.69 Å². The van der Waals surface area contributed by atoms with Crippen LogP contribution in [0.15, 0.2) is 33.5 Å². The van der Waals surface area contributed by atoms with Gasteiger partial charge in [-0.25, -0.2) is 9.37 Å². The van der Waals surface area contributed by atoms with Crippen LogP contribution in [0.25, 0.3) is 11.4 Å². The molecule has 1 N–H and O–H groups in total. The van der Waals surface area contributed by atoms with Crippen molar-refractivity contribution >= 4 is 15.9 Å². The summed E-state index contributed by atoms with van der Waals surface area (Å²) in [6.45, 7) is 3.89. The third-order valence-corrected chi connectivity index (χ3v) is 3.30. The summed E-state index contributed by atoms with van der Waals surface area (Å²) in [6.07, 6.45) is 0. The first-order valence-electron chi connectivity index (χ1n) is 5.54. The fourth-order valence-corrected chi connectivity index (χ4v) is 2.28. The highest BCUT2D eigenvalue weighted by atomic mass is 79.9. The second kappa shape index (κ2) is 5.02. The molecule has 2 aromatic rings. The Bertz CT molecular complexity index is 637. The number of rotatable bonds is 2. The molecule has 0 saturated heterocycles. The van der Waals surface area contributed by atoms with E-state index in [0.717, 1.165) is 0 Å². The molecule has 0 aliphatic heterocycles. The Balaban J connectivity index is 2.63. The van der Waals surface area contributed by atoms with Crippen LogP contribution in [0.5, 0.6) is 0 Å². The van der Waals surface area contributed by atoms with Crippen molar-refractivity contribution < 1.29 is 4.39 Å². The lowest BCUT2D eigenvalue weighted by Gasteiger charge is -2.09. The van der Waals surface area contributed by atoms with E-state index >= 15 is 0 Å². The number of aromatic nitrogens is 2. The molecule has 0 fully saturated rings. The zero-order valence-corrected chi connectivity index (χ0v) is 11.6. The summed E-state index contributed by atoms with van der Waals surface area (Å²) in [6, 6.07) is 5.99. The number of halogens is 2. The number of benzene rings is 1. The summed E-state index contributed by atoms with van der Waals surface area (Å²) in [4.78, 5) is 18.8. The van der Waals surface area contributed by atoms with Crippen molar-refractivity contribution in [1.29, 1.82) is 0 Å². The van der Waals surface area contributed by atoms with Crippen LogP contribution in [-0.4, -0.2) is 9.97 Å². The minimum atomic E-state index is -0.357. The van der Waals surface area contributed by atoms with Crippen LogP contribution in [0.3, 0.4) is 0 Å². The summed E-state index contributed by atoms with van der Waals surface area (Å²) in [7, 11) is 0. The summed E-state index contributed by atoms with van der Waals surface area (Å²) >= 11 is 3.22. The van der Waals surface area contributed by atoms with Crippen LogP contribution in [0.1, 0.15) is 25.5 Å². The molecule has 3 nitrogen and oxygen atoms in total. The van der Waals surface area contributed by atoms with Crippen LogP contribution in [0, 0.1) is 5.82 Å². The molecule has 0 saturated carbocycles. The highest BCUT2D eigenvalue weighted by Crippen LogP contribution is 2.22. The number of nitrogens with one attached hydrogen (secondary N) is 1. The van der Waals surface area contributed by atoms with Gasteiger partial charge in [-0.05, 0) is 34.0 Å². The first-order valence-corrected chi connectivity index (χ1v) is 6.34. The maximum Gasteiger partial charge on any atom is 0.265 e. The van der Waals surface area contributed by atoms with Crippen molar-refractivity contribution in [2.45, 2.75) is 19.8 Å². The molecule has 0 spiro atoms. The minimum absolute atomic E-state index is 0.106. The predicted molar refractivity (Wildman–Crippen MR) is 72.0 cm³/mol. The van der Waals surface area contributed by atoms with Crippen LogP contribution in [-0.2, 0) is 0 Å². The van der Waals surface area contributed by atoms with E-state index in [1.807, 2.05) is 13.8 Å². The molecule has 1 aromatic heterocycles. The van der Waals surface area contributed by atoms with Crippen LogP contribution < -0.4 is 5.56 Å². The van der Waals surface area contributed by atoms with Crippen LogP contribution >= 0.6 is 15.9 Å². The monoisotopic (exact) mass is 310 g/mol. The van der Waals surface area contributed by atoms with Crippen molar-refractivity contribution in [2.75, 3.05) is 0 Å². The molecule has 1 aromatic carbocycles. The highest BCUT2D eigenvalue weighted by molar-refractivity contribution is 9.10. The maximum absolute atomic E-state index is 13.2. The average molecular weight is 311 g/mol. The number of aromatic amines is 1. The third kappa shape index (κ3) is 2.51. The number of nitrogens with zero attached hydrogens (tertiary/aromatic N) is 1. The van der Waals surface area contributed by atoms with Gasteiger partial charge in [-0.1, -0.05) is 26.0 Å². The molecule has 0 aliphatic rings. The Labute approximate surface area is 112 Å². The summed E-state index contributed by atoms with van der Waals surface area (Å²) in [5.41, 5.74) is 0.965. The minimum Gasteiger partial charge on any atom is -0.306 e. The standard InChI is InChI=1S/C13H12BrFN2O/c1-7(2)11-10(14)13(18)17-12(16-11)8-4-3-5-9(15)6-8/h3-7H,1-2H3,(H,16,17,18). The second-order valence-electron chi connectivity index (χ2n) is 4.28. The van der Waals surface area contributed by atoms with E-state index in [9.17, 15) is 9.18 Å². The quantitative estimate of drug-likeness (QED) is 0.923. The summed E-state index contributed by atoms with van der Waals surface area (Å²) in [5.74, 6) is 0.129. The van der Waals surface area contributed by atoms with Gasteiger partial charge < -0.3 is 4.98 Å². The lowest BCUT2D eigenvalue weighted by atomic mass is 10.1. The molecule has 5 heteroatoms. The number of hydrogen-bond acceptors (Lipinski definition) is 2. The lowest BCUT2D eigenvalue weighted by Crippen LogP contribution is -2.14. The molecule has 0 amide bonds. The van der Waals surface area contributed by atoms with Crippen LogP contribution in [0.2, 0.25) is 0 Å². The van der Waals surface area contributed by atoms with E-state index in [-0.39, 0.29) is 17.3 Å². The molecule has 0 unspecified atom stereocenters. The van der Waals surface area contributed by atoms with E-state index in [2.05, 4.69) is 25.9 Å². The molecule has 0 bridgehead atoms. The Morgan fingerprint density at radius 3 is 2.72 bits per heavy atom. The first-order chi connectivity index (χ1) is 8.49. The Hall–Kier alpha value is -1.49. The van der Waals surface area contributed by atoms with Crippen molar-refractivity contribution in [3.05, 3.63) is 50.6 Å². The van der Waals surface area contributed by atoms with Gasteiger partial charge in [0.25, 0.3) is 5.56 Å². The zero-order chi connectivity index (χ0) is 13.3. The van der Waals surface area contributed by atoms with Gasteiger partial charge in [-0.2, -0.15) is 0 Å². The van der Waals surface area contributed by atoms with Gasteiger partial charge in [0, 0.05) is 5.56 Å². The van der Waals surface area contributed by atoms with Gasteiger partial charge in [-0.15, -0.1) is 0 Å². The topological polar surface area (TPSA) is 45.8 Å². The lowest BCUT2D eigenvalue weighted by molar-refractivity contribution is 0.628. The van der Waals surface area contributed by atoms with Gasteiger partial charge >= 0.3 is 0 Å². The Morgan fingerprint density at radius 2 is 2.11 bits per heavy atom. The molecule has 94 valence electrons. The number of hydrogen-bond donors (Lipinski definition) is 1. The first kappa shape index (κ1) is 13.0. The van der Waals surface area contributed by atoms with Gasteiger partial charge in [0.1, 0.15) is 16.1 Å². The fourth-order valence-electron chi connectivity index (χ4n) is 1.63. The Kier molecular flexibility index (Phi) is 3.61.